The molecule has 0 aliphatic heterocycles. The van der Waals surface area contributed by atoms with Gasteiger partial charge in [-0.1, -0.05) is 46.9 Å². The van der Waals surface area contributed by atoms with Crippen LogP contribution in [0, 0.1) is 0 Å². The quantitative estimate of drug-likeness (QED) is 0.296. The maximum Gasteiger partial charge on any atom is 0.329 e. The summed E-state index contributed by atoms with van der Waals surface area (Å²) in [5.41, 5.74) is 3.46. The van der Waals surface area contributed by atoms with Crippen molar-refractivity contribution in [2.75, 3.05) is 6.54 Å². The Kier molecular flexibility index (Phi) is 8.32. The summed E-state index contributed by atoms with van der Waals surface area (Å²) in [7, 11) is 0. The van der Waals surface area contributed by atoms with Gasteiger partial charge in [-0.15, -0.1) is 6.58 Å². The molecule has 0 aliphatic carbocycles. The fourth-order valence-electron chi connectivity index (χ4n) is 2.00. The standard InChI is InChI=1S/C19H16Cl3N3O3/c1-2-7-23-18(26)19(27)25-24-10-13-9-14(20)4-6-17(13)28-11-12-3-5-15(21)16(22)8-12/h2-6,8-10H,1,7,11H2,(H,23,26)(H,25,27)/b24-10-. The minimum absolute atomic E-state index is 0.178. The van der Waals surface area contributed by atoms with Gasteiger partial charge < -0.3 is 10.1 Å². The van der Waals surface area contributed by atoms with Crippen LogP contribution in [0.15, 0.2) is 54.2 Å². The van der Waals surface area contributed by atoms with E-state index in [9.17, 15) is 9.59 Å². The van der Waals surface area contributed by atoms with Gasteiger partial charge in [-0.2, -0.15) is 5.10 Å². The first-order valence-corrected chi connectivity index (χ1v) is 9.12. The van der Waals surface area contributed by atoms with Gasteiger partial charge in [0.25, 0.3) is 0 Å². The van der Waals surface area contributed by atoms with Gasteiger partial charge in [-0.25, -0.2) is 5.43 Å². The Balaban J connectivity index is 2.04. The number of hydrogen-bond acceptors (Lipinski definition) is 4. The summed E-state index contributed by atoms with van der Waals surface area (Å²) in [6.07, 6.45) is 2.78. The zero-order valence-corrected chi connectivity index (χ0v) is 16.8. The molecule has 2 rings (SSSR count). The number of carbonyl (C=O) groups is 2. The number of benzene rings is 2. The largest absolute Gasteiger partial charge is 0.488 e. The van der Waals surface area contributed by atoms with Gasteiger partial charge in [0, 0.05) is 17.1 Å². The van der Waals surface area contributed by atoms with Gasteiger partial charge in [0.05, 0.1) is 16.3 Å². The summed E-state index contributed by atoms with van der Waals surface area (Å²) in [4.78, 5) is 23.1. The van der Waals surface area contributed by atoms with Crippen LogP contribution in [-0.2, 0) is 16.2 Å². The Morgan fingerprint density at radius 2 is 1.86 bits per heavy atom. The Morgan fingerprint density at radius 1 is 1.07 bits per heavy atom. The van der Waals surface area contributed by atoms with Gasteiger partial charge in [0.15, 0.2) is 0 Å². The fraction of sp³-hybridized carbons (Fsp3) is 0.105. The molecule has 2 aromatic rings. The molecule has 6 nitrogen and oxygen atoms in total. The van der Waals surface area contributed by atoms with E-state index >= 15 is 0 Å². The molecule has 0 unspecified atom stereocenters. The first-order chi connectivity index (χ1) is 13.4. The van der Waals surface area contributed by atoms with Gasteiger partial charge in [0.1, 0.15) is 12.4 Å². The summed E-state index contributed by atoms with van der Waals surface area (Å²) < 4.78 is 5.78. The van der Waals surface area contributed by atoms with Crippen molar-refractivity contribution in [1.82, 2.24) is 10.7 Å². The van der Waals surface area contributed by atoms with Crippen molar-refractivity contribution >= 4 is 52.8 Å². The number of hydrazone groups is 1. The van der Waals surface area contributed by atoms with Crippen molar-refractivity contribution in [3.05, 3.63) is 75.2 Å². The van der Waals surface area contributed by atoms with E-state index in [1.807, 2.05) is 0 Å². The molecule has 28 heavy (non-hydrogen) atoms. The van der Waals surface area contributed by atoms with Crippen LogP contribution < -0.4 is 15.5 Å². The molecule has 9 heteroatoms. The summed E-state index contributed by atoms with van der Waals surface area (Å²) in [5.74, 6) is -1.25. The molecule has 146 valence electrons. The second kappa shape index (κ2) is 10.7. The molecule has 2 amide bonds. The monoisotopic (exact) mass is 439 g/mol. The third-order valence-corrected chi connectivity index (χ3v) is 4.31. The van der Waals surface area contributed by atoms with Crippen LogP contribution in [0.2, 0.25) is 15.1 Å². The normalized spacial score (nSPS) is 10.5. The van der Waals surface area contributed by atoms with Crippen molar-refractivity contribution in [3.8, 4) is 5.75 Å². The third-order valence-electron chi connectivity index (χ3n) is 3.33. The lowest BCUT2D eigenvalue weighted by molar-refractivity contribution is -0.139. The second-order valence-electron chi connectivity index (χ2n) is 5.42. The molecule has 0 atom stereocenters. The van der Waals surface area contributed by atoms with Crippen molar-refractivity contribution in [1.29, 1.82) is 0 Å². The van der Waals surface area contributed by atoms with Crippen LogP contribution in [-0.4, -0.2) is 24.6 Å². The molecule has 0 aliphatic rings. The molecule has 0 saturated heterocycles. The first-order valence-electron chi connectivity index (χ1n) is 7.99. The van der Waals surface area contributed by atoms with Crippen molar-refractivity contribution in [3.63, 3.8) is 0 Å². The van der Waals surface area contributed by atoms with E-state index in [1.54, 1.807) is 36.4 Å². The Hall–Kier alpha value is -2.54. The van der Waals surface area contributed by atoms with E-state index in [2.05, 4.69) is 22.4 Å². The molecule has 0 radical (unpaired) electrons. The summed E-state index contributed by atoms with van der Waals surface area (Å²) >= 11 is 17.9. The predicted molar refractivity (Wildman–Crippen MR) is 111 cm³/mol. The molecule has 2 N–H and O–H groups in total. The van der Waals surface area contributed by atoms with Crippen LogP contribution >= 0.6 is 34.8 Å². The smallest absolute Gasteiger partial charge is 0.329 e. The molecule has 0 saturated carbocycles. The summed E-state index contributed by atoms with van der Waals surface area (Å²) in [6, 6.07) is 10.1. The number of ether oxygens (including phenoxy) is 1. The van der Waals surface area contributed by atoms with E-state index in [0.717, 1.165) is 5.56 Å². The molecular formula is C19H16Cl3N3O3. The lowest BCUT2D eigenvalue weighted by Gasteiger charge is -2.10. The maximum absolute atomic E-state index is 11.6. The number of nitrogens with one attached hydrogen (secondary N) is 2. The highest BCUT2D eigenvalue weighted by Gasteiger charge is 2.11. The predicted octanol–water partition coefficient (Wildman–Crippen LogP) is 3.98. The average molecular weight is 441 g/mol. The highest BCUT2D eigenvalue weighted by Crippen LogP contribution is 2.25. The maximum atomic E-state index is 11.6. The number of halogens is 3. The zero-order valence-electron chi connectivity index (χ0n) is 14.5. The lowest BCUT2D eigenvalue weighted by atomic mass is 10.2. The number of carbonyl (C=O) groups excluding carboxylic acids is 2. The van der Waals surface area contributed by atoms with Crippen LogP contribution in [0.25, 0.3) is 0 Å². The number of nitrogens with zero attached hydrogens (tertiary/aromatic N) is 1. The van der Waals surface area contributed by atoms with E-state index < -0.39 is 11.8 Å². The fourth-order valence-corrected chi connectivity index (χ4v) is 2.50. The van der Waals surface area contributed by atoms with Gasteiger partial charge in [0.2, 0.25) is 0 Å². The molecule has 0 fully saturated rings. The van der Waals surface area contributed by atoms with Crippen LogP contribution in [0.4, 0.5) is 0 Å². The number of hydrogen-bond donors (Lipinski definition) is 2. The highest BCUT2D eigenvalue weighted by atomic mass is 35.5. The highest BCUT2D eigenvalue weighted by molar-refractivity contribution is 6.42. The molecule has 0 spiro atoms. The Morgan fingerprint density at radius 3 is 2.57 bits per heavy atom. The molecule has 0 heterocycles. The van der Waals surface area contributed by atoms with Crippen LogP contribution in [0.5, 0.6) is 5.75 Å². The second-order valence-corrected chi connectivity index (χ2v) is 6.67. The van der Waals surface area contributed by atoms with Gasteiger partial charge in [-0.3, -0.25) is 9.59 Å². The SMILES string of the molecule is C=CCNC(=O)C(=O)N/N=C\c1cc(Cl)ccc1OCc1ccc(Cl)c(Cl)c1. The van der Waals surface area contributed by atoms with Crippen molar-refractivity contribution in [2.45, 2.75) is 6.61 Å². The number of rotatable bonds is 7. The molecular weight excluding hydrogens is 425 g/mol. The summed E-state index contributed by atoms with van der Waals surface area (Å²) in [6.45, 7) is 3.85. The van der Waals surface area contributed by atoms with E-state index in [0.29, 0.717) is 26.4 Å². The summed E-state index contributed by atoms with van der Waals surface area (Å²) in [5, 5.41) is 7.45. The van der Waals surface area contributed by atoms with Crippen molar-refractivity contribution in [2.24, 2.45) is 5.10 Å². The van der Waals surface area contributed by atoms with E-state index in [4.69, 9.17) is 39.5 Å². The third kappa shape index (κ3) is 6.56. The Bertz CT molecular complexity index is 917. The lowest BCUT2D eigenvalue weighted by Crippen LogP contribution is -2.37. The topological polar surface area (TPSA) is 79.8 Å². The molecule has 0 bridgehead atoms. The van der Waals surface area contributed by atoms with E-state index in [-0.39, 0.29) is 13.2 Å². The van der Waals surface area contributed by atoms with Crippen LogP contribution in [0.3, 0.4) is 0 Å². The minimum Gasteiger partial charge on any atom is -0.488 e. The molecule has 2 aromatic carbocycles. The van der Waals surface area contributed by atoms with Crippen molar-refractivity contribution < 1.29 is 14.3 Å². The van der Waals surface area contributed by atoms with Crippen LogP contribution in [0.1, 0.15) is 11.1 Å². The Labute approximate surface area is 177 Å². The minimum atomic E-state index is -0.904. The van der Waals surface area contributed by atoms with Gasteiger partial charge in [-0.05, 0) is 35.9 Å². The van der Waals surface area contributed by atoms with Gasteiger partial charge >= 0.3 is 11.8 Å². The zero-order chi connectivity index (χ0) is 20.5. The first kappa shape index (κ1) is 21.8. The number of amides is 2. The van der Waals surface area contributed by atoms with E-state index in [1.165, 1.54) is 12.3 Å². The average Bonchev–Trinajstić information content (AvgIpc) is 2.67. The molecule has 0 aromatic heterocycles.